The highest BCUT2D eigenvalue weighted by atomic mass is 16.5. The molecular formula is C31H34N4O4. The Kier molecular flexibility index (Phi) is 9.12. The van der Waals surface area contributed by atoms with Crippen LogP contribution in [0.2, 0.25) is 0 Å². The number of ether oxygens (including phenoxy) is 1. The van der Waals surface area contributed by atoms with E-state index in [0.29, 0.717) is 29.1 Å². The molecule has 0 atom stereocenters. The number of carbonyl (C=O) groups is 3. The SMILES string of the molecule is CCOC(=O)c1ccc2c(c1)NC(=O)/C2=C(\Nc1ccc(CN(C)CCCNC(C)=O)cc1)c1ccccc1. The lowest BCUT2D eigenvalue weighted by molar-refractivity contribution is -0.119. The fraction of sp³-hybridized carbons (Fsp3) is 0.258. The summed E-state index contributed by atoms with van der Waals surface area (Å²) in [6, 6.07) is 23.0. The van der Waals surface area contributed by atoms with Crippen LogP contribution in [0.3, 0.4) is 0 Å². The van der Waals surface area contributed by atoms with Crippen LogP contribution in [-0.4, -0.2) is 49.4 Å². The lowest BCUT2D eigenvalue weighted by Gasteiger charge is -2.18. The number of esters is 1. The minimum atomic E-state index is -0.424. The summed E-state index contributed by atoms with van der Waals surface area (Å²) < 4.78 is 5.11. The molecule has 39 heavy (non-hydrogen) atoms. The van der Waals surface area contributed by atoms with Crippen LogP contribution in [-0.2, 0) is 20.9 Å². The third-order valence-electron chi connectivity index (χ3n) is 6.35. The Labute approximate surface area is 229 Å². The molecule has 0 spiro atoms. The van der Waals surface area contributed by atoms with Crippen LogP contribution in [0, 0.1) is 0 Å². The van der Waals surface area contributed by atoms with Crippen molar-refractivity contribution in [3.63, 3.8) is 0 Å². The Morgan fingerprint density at radius 2 is 1.72 bits per heavy atom. The normalized spacial score (nSPS) is 13.5. The molecule has 0 saturated carbocycles. The predicted molar refractivity (Wildman–Crippen MR) is 154 cm³/mol. The highest BCUT2D eigenvalue weighted by molar-refractivity contribution is 6.37. The van der Waals surface area contributed by atoms with Crippen molar-refractivity contribution in [1.29, 1.82) is 0 Å². The van der Waals surface area contributed by atoms with E-state index in [-0.39, 0.29) is 18.4 Å². The molecule has 0 aromatic heterocycles. The topological polar surface area (TPSA) is 99.8 Å². The lowest BCUT2D eigenvalue weighted by Crippen LogP contribution is -2.26. The van der Waals surface area contributed by atoms with E-state index in [1.165, 1.54) is 6.92 Å². The van der Waals surface area contributed by atoms with Gasteiger partial charge >= 0.3 is 5.97 Å². The number of amides is 2. The van der Waals surface area contributed by atoms with Crippen molar-refractivity contribution in [2.24, 2.45) is 0 Å². The first-order chi connectivity index (χ1) is 18.9. The van der Waals surface area contributed by atoms with Crippen LogP contribution in [0.1, 0.15) is 47.3 Å². The van der Waals surface area contributed by atoms with Gasteiger partial charge < -0.3 is 25.6 Å². The molecule has 4 rings (SSSR count). The standard InChI is InChI=1S/C31H34N4O4/c1-4-39-31(38)24-13-16-26-27(19-24)34-30(37)28(26)29(23-9-6-5-7-10-23)33-25-14-11-22(12-15-25)20-35(3)18-8-17-32-21(2)36/h5-7,9-16,19,33H,4,8,17-18,20H2,1-3H3,(H,32,36)(H,34,37)/b29-28-. The van der Waals surface area contributed by atoms with E-state index < -0.39 is 5.97 Å². The Morgan fingerprint density at radius 1 is 0.974 bits per heavy atom. The number of fused-ring (bicyclic) bond motifs is 1. The molecule has 0 aliphatic carbocycles. The van der Waals surface area contributed by atoms with Crippen molar-refractivity contribution >= 4 is 40.4 Å². The Balaban J connectivity index is 1.56. The molecule has 0 unspecified atom stereocenters. The number of carbonyl (C=O) groups excluding carboxylic acids is 3. The zero-order chi connectivity index (χ0) is 27.8. The molecule has 3 aromatic carbocycles. The van der Waals surface area contributed by atoms with E-state index in [4.69, 9.17) is 4.74 Å². The van der Waals surface area contributed by atoms with Crippen molar-refractivity contribution in [2.45, 2.75) is 26.8 Å². The van der Waals surface area contributed by atoms with Gasteiger partial charge in [0.15, 0.2) is 0 Å². The van der Waals surface area contributed by atoms with Gasteiger partial charge in [-0.1, -0.05) is 48.5 Å². The van der Waals surface area contributed by atoms with Crippen LogP contribution in [0.5, 0.6) is 0 Å². The molecule has 0 saturated heterocycles. The molecule has 8 nitrogen and oxygen atoms in total. The van der Waals surface area contributed by atoms with E-state index in [0.717, 1.165) is 41.9 Å². The number of benzene rings is 3. The first kappa shape index (κ1) is 27.6. The monoisotopic (exact) mass is 526 g/mol. The Bertz CT molecular complexity index is 1370. The smallest absolute Gasteiger partial charge is 0.338 e. The number of hydrogen-bond donors (Lipinski definition) is 3. The minimum Gasteiger partial charge on any atom is -0.462 e. The second-order valence-electron chi connectivity index (χ2n) is 9.45. The van der Waals surface area contributed by atoms with Crippen LogP contribution < -0.4 is 16.0 Å². The van der Waals surface area contributed by atoms with Crippen molar-refractivity contribution in [1.82, 2.24) is 10.2 Å². The molecule has 0 radical (unpaired) electrons. The van der Waals surface area contributed by atoms with Crippen LogP contribution >= 0.6 is 0 Å². The van der Waals surface area contributed by atoms with Crippen LogP contribution in [0.15, 0.2) is 72.8 Å². The van der Waals surface area contributed by atoms with Gasteiger partial charge in [-0.3, -0.25) is 9.59 Å². The summed E-state index contributed by atoms with van der Waals surface area (Å²) >= 11 is 0. The predicted octanol–water partition coefficient (Wildman–Crippen LogP) is 4.75. The summed E-state index contributed by atoms with van der Waals surface area (Å²) in [7, 11) is 2.06. The third kappa shape index (κ3) is 7.12. The molecule has 1 aliphatic heterocycles. The van der Waals surface area contributed by atoms with Crippen LogP contribution in [0.25, 0.3) is 11.3 Å². The first-order valence-electron chi connectivity index (χ1n) is 13.1. The molecule has 1 aliphatic rings. The molecule has 8 heteroatoms. The van der Waals surface area contributed by atoms with Crippen molar-refractivity contribution < 1.29 is 19.1 Å². The van der Waals surface area contributed by atoms with Crippen molar-refractivity contribution in [2.75, 3.05) is 37.4 Å². The molecule has 1 heterocycles. The molecule has 0 bridgehead atoms. The largest absolute Gasteiger partial charge is 0.462 e. The van der Waals surface area contributed by atoms with Gasteiger partial charge in [0.1, 0.15) is 0 Å². The fourth-order valence-corrected chi connectivity index (χ4v) is 4.49. The van der Waals surface area contributed by atoms with Gasteiger partial charge in [-0.05, 0) is 62.3 Å². The van der Waals surface area contributed by atoms with Crippen molar-refractivity contribution in [3.8, 4) is 0 Å². The molecule has 3 aromatic rings. The maximum atomic E-state index is 13.2. The number of nitrogens with one attached hydrogen (secondary N) is 3. The van der Waals surface area contributed by atoms with Gasteiger partial charge in [-0.15, -0.1) is 0 Å². The first-order valence-corrected chi connectivity index (χ1v) is 13.1. The summed E-state index contributed by atoms with van der Waals surface area (Å²) in [5, 5.41) is 9.20. The average Bonchev–Trinajstić information content (AvgIpc) is 3.26. The molecule has 0 fully saturated rings. The maximum absolute atomic E-state index is 13.2. The molecule has 2 amide bonds. The second-order valence-corrected chi connectivity index (χ2v) is 9.45. The average molecular weight is 527 g/mol. The van der Waals surface area contributed by atoms with Gasteiger partial charge in [0.25, 0.3) is 5.91 Å². The highest BCUT2D eigenvalue weighted by Crippen LogP contribution is 2.38. The third-order valence-corrected chi connectivity index (χ3v) is 6.35. The summed E-state index contributed by atoms with van der Waals surface area (Å²) in [5.74, 6) is -0.674. The van der Waals surface area contributed by atoms with E-state index in [2.05, 4.69) is 40.0 Å². The van der Waals surface area contributed by atoms with Gasteiger partial charge in [0.05, 0.1) is 29.1 Å². The van der Waals surface area contributed by atoms with E-state index in [1.807, 2.05) is 42.5 Å². The number of anilines is 2. The van der Waals surface area contributed by atoms with E-state index in [9.17, 15) is 14.4 Å². The summed E-state index contributed by atoms with van der Waals surface area (Å²) in [6.07, 6.45) is 0.883. The molecular weight excluding hydrogens is 492 g/mol. The van der Waals surface area contributed by atoms with Crippen molar-refractivity contribution in [3.05, 3.63) is 95.1 Å². The summed E-state index contributed by atoms with van der Waals surface area (Å²) in [6.45, 7) is 5.89. The quantitative estimate of drug-likeness (QED) is 0.189. The van der Waals surface area contributed by atoms with E-state index in [1.54, 1.807) is 25.1 Å². The van der Waals surface area contributed by atoms with Gasteiger partial charge in [-0.25, -0.2) is 4.79 Å². The van der Waals surface area contributed by atoms with Gasteiger partial charge in [-0.2, -0.15) is 0 Å². The Morgan fingerprint density at radius 3 is 2.41 bits per heavy atom. The van der Waals surface area contributed by atoms with Crippen LogP contribution in [0.4, 0.5) is 11.4 Å². The van der Waals surface area contributed by atoms with E-state index >= 15 is 0 Å². The zero-order valence-electron chi connectivity index (χ0n) is 22.5. The second kappa shape index (κ2) is 12.9. The summed E-state index contributed by atoms with van der Waals surface area (Å²) in [5.41, 5.74) is 5.75. The highest BCUT2D eigenvalue weighted by Gasteiger charge is 2.29. The number of nitrogens with zero attached hydrogens (tertiary/aromatic N) is 1. The lowest BCUT2D eigenvalue weighted by atomic mass is 9.99. The maximum Gasteiger partial charge on any atom is 0.338 e. The zero-order valence-corrected chi connectivity index (χ0v) is 22.5. The minimum absolute atomic E-state index is 0.00872. The summed E-state index contributed by atoms with van der Waals surface area (Å²) in [4.78, 5) is 38.7. The molecule has 202 valence electrons. The van der Waals surface area contributed by atoms with Gasteiger partial charge in [0.2, 0.25) is 5.91 Å². The van der Waals surface area contributed by atoms with Gasteiger partial charge in [0, 0.05) is 31.3 Å². The number of rotatable bonds is 11. The Hall–Kier alpha value is -4.43. The fourth-order valence-electron chi connectivity index (χ4n) is 4.49. The number of hydrogen-bond acceptors (Lipinski definition) is 6. The molecule has 3 N–H and O–H groups in total.